The second-order valence-electron chi connectivity index (χ2n) is 4.46. The molecule has 1 rings (SSSR count). The average Bonchev–Trinajstić information content (AvgIpc) is 2.51. The van der Waals surface area contributed by atoms with Crippen LogP contribution < -0.4 is 5.73 Å². The average molecular weight is 182 g/mol. The maximum Gasteiger partial charge on any atom is 0.0795 e. The molecule has 3 nitrogen and oxygen atoms in total. The fourth-order valence-corrected chi connectivity index (χ4v) is 1.26. The largest absolute Gasteiger partial charge is 0.391 e. The molecular weight excluding hydrogens is 164 g/mol. The van der Waals surface area contributed by atoms with Crippen LogP contribution in [0.5, 0.6) is 0 Å². The van der Waals surface area contributed by atoms with Crippen molar-refractivity contribution < 1.29 is 5.11 Å². The second-order valence-corrected chi connectivity index (χ2v) is 4.46. The summed E-state index contributed by atoms with van der Waals surface area (Å²) in [5.41, 5.74) is 6.58. The predicted molar refractivity (Wildman–Crippen MR) is 53.2 cm³/mol. The van der Waals surface area contributed by atoms with Crippen molar-refractivity contribution >= 4 is 0 Å². The van der Waals surface area contributed by atoms with Crippen LogP contribution in [0.2, 0.25) is 0 Å². The first-order chi connectivity index (χ1) is 5.93. The minimum atomic E-state index is -0.536. The van der Waals surface area contributed by atoms with Crippen molar-refractivity contribution in [2.24, 2.45) is 11.1 Å². The first-order valence-corrected chi connectivity index (χ1v) is 4.50. The minimum absolute atomic E-state index is 0.190. The summed E-state index contributed by atoms with van der Waals surface area (Å²) in [6.07, 6.45) is 1.27. The SMILES string of the molecule is CC(C)(C)[C@@H](O)[C@@H](N)c1ccc[nH]1. The molecule has 13 heavy (non-hydrogen) atoms. The van der Waals surface area contributed by atoms with Gasteiger partial charge in [-0.25, -0.2) is 0 Å². The van der Waals surface area contributed by atoms with Gasteiger partial charge in [-0.1, -0.05) is 20.8 Å². The zero-order chi connectivity index (χ0) is 10.1. The van der Waals surface area contributed by atoms with Gasteiger partial charge in [0, 0.05) is 11.9 Å². The molecule has 0 aliphatic rings. The molecule has 0 spiro atoms. The molecule has 1 heterocycles. The lowest BCUT2D eigenvalue weighted by molar-refractivity contribution is 0.0391. The number of nitrogens with one attached hydrogen (secondary N) is 1. The van der Waals surface area contributed by atoms with Gasteiger partial charge in [-0.3, -0.25) is 0 Å². The highest BCUT2D eigenvalue weighted by atomic mass is 16.3. The highest BCUT2D eigenvalue weighted by Gasteiger charge is 2.29. The number of hydrogen-bond donors (Lipinski definition) is 3. The molecule has 0 saturated heterocycles. The monoisotopic (exact) mass is 182 g/mol. The molecule has 0 amide bonds. The van der Waals surface area contributed by atoms with E-state index >= 15 is 0 Å². The van der Waals surface area contributed by atoms with Crippen LogP contribution in [0.4, 0.5) is 0 Å². The molecule has 1 aromatic rings. The highest BCUT2D eigenvalue weighted by Crippen LogP contribution is 2.27. The summed E-state index contributed by atoms with van der Waals surface area (Å²) in [7, 11) is 0. The van der Waals surface area contributed by atoms with E-state index in [-0.39, 0.29) is 11.5 Å². The van der Waals surface area contributed by atoms with E-state index < -0.39 is 6.10 Å². The standard InChI is InChI=1S/C10H18N2O/c1-10(2,3)9(13)8(11)7-5-4-6-12-7/h4-6,8-9,12-13H,11H2,1-3H3/t8-,9-/m0/s1. The first-order valence-electron chi connectivity index (χ1n) is 4.50. The topological polar surface area (TPSA) is 62.0 Å². The number of hydrogen-bond acceptors (Lipinski definition) is 2. The van der Waals surface area contributed by atoms with Crippen molar-refractivity contribution in [2.75, 3.05) is 0 Å². The van der Waals surface area contributed by atoms with Crippen LogP contribution in [0.15, 0.2) is 18.3 Å². The summed E-state index contributed by atoms with van der Waals surface area (Å²) in [5, 5.41) is 9.88. The third-order valence-corrected chi connectivity index (χ3v) is 2.21. The number of aliphatic hydroxyl groups is 1. The molecule has 0 aromatic carbocycles. The van der Waals surface area contributed by atoms with Crippen LogP contribution in [0.1, 0.15) is 32.5 Å². The Morgan fingerprint density at radius 2 is 2.08 bits per heavy atom. The zero-order valence-corrected chi connectivity index (χ0v) is 8.41. The van der Waals surface area contributed by atoms with E-state index in [1.54, 1.807) is 0 Å². The third-order valence-electron chi connectivity index (χ3n) is 2.21. The lowest BCUT2D eigenvalue weighted by Crippen LogP contribution is -2.37. The van der Waals surface area contributed by atoms with Gasteiger partial charge in [0.05, 0.1) is 12.1 Å². The van der Waals surface area contributed by atoms with Gasteiger partial charge in [-0.15, -0.1) is 0 Å². The van der Waals surface area contributed by atoms with Crippen LogP contribution in [-0.2, 0) is 0 Å². The van der Waals surface area contributed by atoms with Gasteiger partial charge >= 0.3 is 0 Å². The Labute approximate surface area is 79.0 Å². The molecule has 1 aromatic heterocycles. The van der Waals surface area contributed by atoms with Gasteiger partial charge < -0.3 is 15.8 Å². The van der Waals surface area contributed by atoms with Crippen molar-refractivity contribution in [3.05, 3.63) is 24.0 Å². The predicted octanol–water partition coefficient (Wildman–Crippen LogP) is 1.42. The molecule has 0 aliphatic carbocycles. The zero-order valence-electron chi connectivity index (χ0n) is 8.41. The summed E-state index contributed by atoms with van der Waals surface area (Å²) >= 11 is 0. The quantitative estimate of drug-likeness (QED) is 0.647. The third kappa shape index (κ3) is 2.32. The fourth-order valence-electron chi connectivity index (χ4n) is 1.26. The van der Waals surface area contributed by atoms with Gasteiger partial charge in [0.2, 0.25) is 0 Å². The van der Waals surface area contributed by atoms with E-state index in [2.05, 4.69) is 4.98 Å². The number of aliphatic hydroxyl groups excluding tert-OH is 1. The highest BCUT2D eigenvalue weighted by molar-refractivity contribution is 5.11. The van der Waals surface area contributed by atoms with E-state index in [9.17, 15) is 5.11 Å². The van der Waals surface area contributed by atoms with Crippen molar-refractivity contribution in [2.45, 2.75) is 32.9 Å². The Morgan fingerprint density at radius 3 is 2.46 bits per heavy atom. The maximum atomic E-state index is 9.88. The normalized spacial score (nSPS) is 17.0. The molecular formula is C10H18N2O. The van der Waals surface area contributed by atoms with E-state index in [1.807, 2.05) is 39.1 Å². The summed E-state index contributed by atoms with van der Waals surface area (Å²) in [4.78, 5) is 3.00. The smallest absolute Gasteiger partial charge is 0.0795 e. The fraction of sp³-hybridized carbons (Fsp3) is 0.600. The molecule has 3 heteroatoms. The molecule has 2 atom stereocenters. The molecule has 0 unspecified atom stereocenters. The molecule has 0 bridgehead atoms. The summed E-state index contributed by atoms with van der Waals surface area (Å²) in [6.45, 7) is 5.92. The lowest BCUT2D eigenvalue weighted by Gasteiger charge is -2.30. The van der Waals surface area contributed by atoms with Gasteiger partial charge in [0.15, 0.2) is 0 Å². The maximum absolute atomic E-state index is 9.88. The summed E-state index contributed by atoms with van der Waals surface area (Å²) in [6, 6.07) is 3.43. The van der Waals surface area contributed by atoms with Crippen molar-refractivity contribution in [3.63, 3.8) is 0 Å². The minimum Gasteiger partial charge on any atom is -0.391 e. The lowest BCUT2D eigenvalue weighted by atomic mass is 9.84. The van der Waals surface area contributed by atoms with Crippen molar-refractivity contribution in [1.29, 1.82) is 0 Å². The van der Waals surface area contributed by atoms with Crippen molar-refractivity contribution in [1.82, 2.24) is 4.98 Å². The Morgan fingerprint density at radius 1 is 1.46 bits per heavy atom. The molecule has 0 fully saturated rings. The number of rotatable bonds is 2. The van der Waals surface area contributed by atoms with E-state index in [0.29, 0.717) is 0 Å². The van der Waals surface area contributed by atoms with Crippen molar-refractivity contribution in [3.8, 4) is 0 Å². The van der Waals surface area contributed by atoms with Gasteiger partial charge in [-0.2, -0.15) is 0 Å². The van der Waals surface area contributed by atoms with Crippen LogP contribution in [-0.4, -0.2) is 16.2 Å². The van der Waals surface area contributed by atoms with E-state index in [0.717, 1.165) is 5.69 Å². The van der Waals surface area contributed by atoms with Crippen LogP contribution >= 0.6 is 0 Å². The Hall–Kier alpha value is -0.800. The number of aromatic amines is 1. The number of aromatic nitrogens is 1. The van der Waals surface area contributed by atoms with Crippen LogP contribution in [0.25, 0.3) is 0 Å². The first kappa shape index (κ1) is 10.3. The Bertz CT molecular complexity index is 248. The Kier molecular flexibility index (Phi) is 2.78. The summed E-state index contributed by atoms with van der Waals surface area (Å²) < 4.78 is 0. The number of H-pyrrole nitrogens is 1. The van der Waals surface area contributed by atoms with Gasteiger partial charge in [0.25, 0.3) is 0 Å². The molecule has 0 radical (unpaired) electrons. The van der Waals surface area contributed by atoms with Crippen LogP contribution in [0, 0.1) is 5.41 Å². The molecule has 4 N–H and O–H groups in total. The van der Waals surface area contributed by atoms with Crippen LogP contribution in [0.3, 0.4) is 0 Å². The number of nitrogens with two attached hydrogens (primary N) is 1. The second kappa shape index (κ2) is 3.52. The van der Waals surface area contributed by atoms with Gasteiger partial charge in [0.1, 0.15) is 0 Å². The van der Waals surface area contributed by atoms with E-state index in [4.69, 9.17) is 5.73 Å². The Balaban J connectivity index is 2.74. The van der Waals surface area contributed by atoms with Gasteiger partial charge in [-0.05, 0) is 17.5 Å². The molecule has 0 saturated carbocycles. The summed E-state index contributed by atoms with van der Waals surface area (Å²) in [5.74, 6) is 0. The van der Waals surface area contributed by atoms with E-state index in [1.165, 1.54) is 0 Å². The molecule has 0 aliphatic heterocycles. The molecule has 74 valence electrons.